The summed E-state index contributed by atoms with van der Waals surface area (Å²) >= 11 is 5.75. The number of halogens is 4. The van der Waals surface area contributed by atoms with E-state index < -0.39 is 22.8 Å². The van der Waals surface area contributed by atoms with Gasteiger partial charge in [0.05, 0.1) is 0 Å². The summed E-state index contributed by atoms with van der Waals surface area (Å²) in [6.45, 7) is 1.91. The number of aryl methyl sites for hydroxylation is 1. The third-order valence-electron chi connectivity index (χ3n) is 5.27. The third kappa shape index (κ3) is 2.95. The molecule has 2 saturated carbocycles. The maximum Gasteiger partial charge on any atom is 0.436 e. The van der Waals surface area contributed by atoms with Gasteiger partial charge in [0.1, 0.15) is 10.7 Å². The molecule has 8 heteroatoms. The van der Waals surface area contributed by atoms with Gasteiger partial charge in [0.2, 0.25) is 0 Å². The first kappa shape index (κ1) is 16.6. The number of nitrogens with zero attached hydrogens (tertiary/aromatic N) is 2. The monoisotopic (exact) mass is 349 g/mol. The standard InChI is InChI=1S/C15H19ClF3N3O/c1-7(10-6-8-3-4-9(10)5-8)20-14(23)12-11(16)13(15(17,18)19)21-22(12)2/h7-10H,3-6H2,1-2H3,(H,20,23)/t7-,8-,9-,10+/m0/s1. The molecule has 2 fully saturated rings. The number of hydrogen-bond acceptors (Lipinski definition) is 2. The van der Waals surface area contributed by atoms with Crippen molar-refractivity contribution in [3.63, 3.8) is 0 Å². The first-order valence-corrected chi connectivity index (χ1v) is 8.16. The van der Waals surface area contributed by atoms with Crippen LogP contribution in [-0.2, 0) is 13.2 Å². The van der Waals surface area contributed by atoms with E-state index in [1.165, 1.54) is 26.3 Å². The fourth-order valence-corrected chi connectivity index (χ4v) is 4.57. The summed E-state index contributed by atoms with van der Waals surface area (Å²) in [5.41, 5.74) is -1.46. The lowest BCUT2D eigenvalue weighted by atomic mass is 9.84. The van der Waals surface area contributed by atoms with Gasteiger partial charge in [-0.05, 0) is 43.9 Å². The van der Waals surface area contributed by atoms with Gasteiger partial charge in [0.25, 0.3) is 5.91 Å². The number of fused-ring (bicyclic) bond motifs is 2. The van der Waals surface area contributed by atoms with Crippen LogP contribution < -0.4 is 5.32 Å². The molecule has 0 saturated heterocycles. The van der Waals surface area contributed by atoms with E-state index in [9.17, 15) is 18.0 Å². The minimum Gasteiger partial charge on any atom is -0.348 e. The molecule has 2 aliphatic carbocycles. The van der Waals surface area contributed by atoms with E-state index in [0.717, 1.165) is 17.0 Å². The molecule has 1 N–H and O–H groups in total. The second kappa shape index (κ2) is 5.69. The number of nitrogens with one attached hydrogen (secondary N) is 1. The molecular formula is C15H19ClF3N3O. The number of aromatic nitrogens is 2. The Labute approximate surface area is 137 Å². The van der Waals surface area contributed by atoms with Gasteiger partial charge in [-0.1, -0.05) is 18.0 Å². The maximum atomic E-state index is 12.8. The molecule has 128 valence electrons. The molecule has 4 atom stereocenters. The zero-order chi connectivity index (χ0) is 16.9. The van der Waals surface area contributed by atoms with Crippen molar-refractivity contribution >= 4 is 17.5 Å². The van der Waals surface area contributed by atoms with Gasteiger partial charge >= 0.3 is 6.18 Å². The Hall–Kier alpha value is -1.24. The zero-order valence-corrected chi connectivity index (χ0v) is 13.7. The molecule has 1 heterocycles. The van der Waals surface area contributed by atoms with Gasteiger partial charge in [-0.15, -0.1) is 0 Å². The van der Waals surface area contributed by atoms with E-state index in [1.54, 1.807) is 0 Å². The highest BCUT2D eigenvalue weighted by Gasteiger charge is 2.43. The highest BCUT2D eigenvalue weighted by molar-refractivity contribution is 6.34. The molecule has 2 aliphatic rings. The summed E-state index contributed by atoms with van der Waals surface area (Å²) in [6, 6.07) is -0.0851. The summed E-state index contributed by atoms with van der Waals surface area (Å²) in [4.78, 5) is 12.4. The maximum absolute atomic E-state index is 12.8. The topological polar surface area (TPSA) is 46.9 Å². The molecular weight excluding hydrogens is 331 g/mol. The average molecular weight is 350 g/mol. The minimum atomic E-state index is -4.68. The van der Waals surface area contributed by atoms with Gasteiger partial charge in [0, 0.05) is 13.1 Å². The van der Waals surface area contributed by atoms with Crippen LogP contribution in [0.25, 0.3) is 0 Å². The van der Waals surface area contributed by atoms with Crippen molar-refractivity contribution in [2.45, 2.75) is 44.8 Å². The molecule has 1 amide bonds. The van der Waals surface area contributed by atoms with Crippen molar-refractivity contribution in [1.82, 2.24) is 15.1 Å². The average Bonchev–Trinajstić information content (AvgIpc) is 3.12. The zero-order valence-electron chi connectivity index (χ0n) is 13.0. The first-order chi connectivity index (χ1) is 10.7. The number of amides is 1. The van der Waals surface area contributed by atoms with Crippen LogP contribution in [0, 0.1) is 17.8 Å². The molecule has 1 aromatic rings. The Morgan fingerprint density at radius 3 is 2.57 bits per heavy atom. The lowest BCUT2D eigenvalue weighted by molar-refractivity contribution is -0.141. The molecule has 0 spiro atoms. The number of carbonyl (C=O) groups excluding carboxylic acids is 1. The van der Waals surface area contributed by atoms with Crippen molar-refractivity contribution in [2.24, 2.45) is 24.8 Å². The minimum absolute atomic E-state index is 0.0851. The van der Waals surface area contributed by atoms with E-state index in [4.69, 9.17) is 11.6 Å². The van der Waals surface area contributed by atoms with Crippen molar-refractivity contribution < 1.29 is 18.0 Å². The summed E-state index contributed by atoms with van der Waals surface area (Å²) in [6.07, 6.45) is 0.0444. The molecule has 3 rings (SSSR count). The van der Waals surface area contributed by atoms with Crippen molar-refractivity contribution in [3.8, 4) is 0 Å². The Balaban J connectivity index is 1.75. The Kier molecular flexibility index (Phi) is 4.11. The largest absolute Gasteiger partial charge is 0.436 e. The van der Waals surface area contributed by atoms with Gasteiger partial charge in [-0.2, -0.15) is 18.3 Å². The normalized spacial score (nSPS) is 28.2. The molecule has 4 nitrogen and oxygen atoms in total. The van der Waals surface area contributed by atoms with E-state index in [1.807, 2.05) is 6.92 Å². The molecule has 2 bridgehead atoms. The van der Waals surface area contributed by atoms with Gasteiger partial charge in [0.15, 0.2) is 5.69 Å². The predicted molar refractivity (Wildman–Crippen MR) is 79.1 cm³/mol. The summed E-state index contributed by atoms with van der Waals surface area (Å²) in [5, 5.41) is 5.52. The first-order valence-electron chi connectivity index (χ1n) is 7.79. The van der Waals surface area contributed by atoms with Crippen LogP contribution in [0.2, 0.25) is 5.02 Å². The summed E-state index contributed by atoms with van der Waals surface area (Å²) < 4.78 is 39.4. The van der Waals surface area contributed by atoms with E-state index >= 15 is 0 Å². The van der Waals surface area contributed by atoms with Crippen LogP contribution in [0.1, 0.15) is 48.8 Å². The smallest absolute Gasteiger partial charge is 0.348 e. The van der Waals surface area contributed by atoms with Gasteiger partial charge < -0.3 is 5.32 Å². The van der Waals surface area contributed by atoms with Crippen LogP contribution >= 0.6 is 11.6 Å². The highest BCUT2D eigenvalue weighted by atomic mass is 35.5. The van der Waals surface area contributed by atoms with E-state index in [-0.39, 0.29) is 11.7 Å². The van der Waals surface area contributed by atoms with Crippen molar-refractivity contribution in [3.05, 3.63) is 16.4 Å². The number of carbonyl (C=O) groups is 1. The number of rotatable bonds is 3. The lowest BCUT2D eigenvalue weighted by Crippen LogP contribution is -2.40. The van der Waals surface area contributed by atoms with Gasteiger partial charge in [-0.25, -0.2) is 0 Å². The molecule has 23 heavy (non-hydrogen) atoms. The molecule has 0 radical (unpaired) electrons. The third-order valence-corrected chi connectivity index (χ3v) is 5.62. The van der Waals surface area contributed by atoms with Crippen molar-refractivity contribution in [1.29, 1.82) is 0 Å². The van der Waals surface area contributed by atoms with E-state index in [2.05, 4.69) is 10.4 Å². The van der Waals surface area contributed by atoms with Crippen LogP contribution in [0.15, 0.2) is 0 Å². The molecule has 0 aromatic carbocycles. The SMILES string of the molecule is C[C@H](NC(=O)c1c(Cl)c(C(F)(F)F)nn1C)[C@H]1C[C@H]2CC[C@H]1C2. The predicted octanol–water partition coefficient (Wildman–Crippen LogP) is 3.65. The summed E-state index contributed by atoms with van der Waals surface area (Å²) in [7, 11) is 1.29. The molecule has 1 aromatic heterocycles. The van der Waals surface area contributed by atoms with Crippen LogP contribution in [0.4, 0.5) is 13.2 Å². The van der Waals surface area contributed by atoms with Gasteiger partial charge in [-0.3, -0.25) is 9.48 Å². The van der Waals surface area contributed by atoms with Crippen LogP contribution in [0.3, 0.4) is 0 Å². The Morgan fingerprint density at radius 1 is 1.39 bits per heavy atom. The Bertz CT molecular complexity index is 628. The lowest BCUT2D eigenvalue weighted by Gasteiger charge is -2.28. The highest BCUT2D eigenvalue weighted by Crippen LogP contribution is 2.49. The van der Waals surface area contributed by atoms with Crippen LogP contribution in [0.5, 0.6) is 0 Å². The molecule has 0 aliphatic heterocycles. The fourth-order valence-electron chi connectivity index (χ4n) is 4.21. The van der Waals surface area contributed by atoms with Crippen LogP contribution in [-0.4, -0.2) is 21.7 Å². The fraction of sp³-hybridized carbons (Fsp3) is 0.733. The Morgan fingerprint density at radius 2 is 2.09 bits per heavy atom. The number of alkyl halides is 3. The summed E-state index contributed by atoms with van der Waals surface area (Å²) in [5.74, 6) is 1.15. The molecule has 0 unspecified atom stereocenters. The number of hydrogen-bond donors (Lipinski definition) is 1. The second-order valence-electron chi connectivity index (χ2n) is 6.73. The second-order valence-corrected chi connectivity index (χ2v) is 7.11. The van der Waals surface area contributed by atoms with Crippen molar-refractivity contribution in [2.75, 3.05) is 0 Å². The van der Waals surface area contributed by atoms with E-state index in [0.29, 0.717) is 11.8 Å². The quantitative estimate of drug-likeness (QED) is 0.905.